The summed E-state index contributed by atoms with van der Waals surface area (Å²) in [4.78, 5) is 18.7. The summed E-state index contributed by atoms with van der Waals surface area (Å²) in [6.45, 7) is 2.83. The standard InChI is InChI=1S/C22H29N3OS/c1-24-14-12-20(13-15-24)25(16-11-18-7-4-3-5-8-18)22(26)23-19-9-6-10-21(17-19)27-2/h3-10,17,20H,11-16H2,1-2H3,(H,23,26). The summed E-state index contributed by atoms with van der Waals surface area (Å²) in [6.07, 6.45) is 4.99. The minimum Gasteiger partial charge on any atom is -0.321 e. The zero-order valence-corrected chi connectivity index (χ0v) is 17.0. The number of nitrogens with one attached hydrogen (secondary N) is 1. The van der Waals surface area contributed by atoms with Crippen LogP contribution in [0.5, 0.6) is 0 Å². The van der Waals surface area contributed by atoms with Gasteiger partial charge in [-0.05, 0) is 69.4 Å². The number of benzene rings is 2. The highest BCUT2D eigenvalue weighted by atomic mass is 32.2. The summed E-state index contributed by atoms with van der Waals surface area (Å²) in [5.74, 6) is 0. The van der Waals surface area contributed by atoms with Gasteiger partial charge in [-0.3, -0.25) is 0 Å². The van der Waals surface area contributed by atoms with Crippen LogP contribution in [0, 0.1) is 0 Å². The Balaban J connectivity index is 1.70. The Morgan fingerprint density at radius 3 is 2.59 bits per heavy atom. The fourth-order valence-electron chi connectivity index (χ4n) is 3.55. The topological polar surface area (TPSA) is 35.6 Å². The molecule has 0 aromatic heterocycles. The van der Waals surface area contributed by atoms with E-state index in [9.17, 15) is 4.79 Å². The molecule has 2 aromatic carbocycles. The molecule has 0 atom stereocenters. The predicted molar refractivity (Wildman–Crippen MR) is 115 cm³/mol. The van der Waals surface area contributed by atoms with Crippen molar-refractivity contribution in [2.75, 3.05) is 38.3 Å². The molecule has 1 saturated heterocycles. The molecule has 5 heteroatoms. The summed E-state index contributed by atoms with van der Waals surface area (Å²) in [6, 6.07) is 18.8. The molecule has 0 unspecified atom stereocenters. The highest BCUT2D eigenvalue weighted by Crippen LogP contribution is 2.21. The van der Waals surface area contributed by atoms with Gasteiger partial charge in [-0.15, -0.1) is 11.8 Å². The maximum absolute atomic E-state index is 13.1. The van der Waals surface area contributed by atoms with Crippen LogP contribution in [0.15, 0.2) is 59.5 Å². The van der Waals surface area contributed by atoms with Crippen molar-refractivity contribution in [1.29, 1.82) is 0 Å². The number of hydrogen-bond donors (Lipinski definition) is 1. The molecule has 1 fully saturated rings. The fraction of sp³-hybridized carbons (Fsp3) is 0.409. The number of urea groups is 1. The van der Waals surface area contributed by atoms with Crippen LogP contribution in [0.4, 0.5) is 10.5 Å². The monoisotopic (exact) mass is 383 g/mol. The third-order valence-corrected chi connectivity index (χ3v) is 5.92. The van der Waals surface area contributed by atoms with Crippen molar-refractivity contribution in [2.45, 2.75) is 30.2 Å². The predicted octanol–water partition coefficient (Wildman–Crippen LogP) is 4.58. The van der Waals surface area contributed by atoms with Gasteiger partial charge in [-0.2, -0.15) is 0 Å². The van der Waals surface area contributed by atoms with E-state index in [-0.39, 0.29) is 6.03 Å². The van der Waals surface area contributed by atoms with Crippen LogP contribution in [-0.4, -0.2) is 54.8 Å². The van der Waals surface area contributed by atoms with Crippen molar-refractivity contribution in [3.63, 3.8) is 0 Å². The lowest BCUT2D eigenvalue weighted by Gasteiger charge is -2.37. The van der Waals surface area contributed by atoms with Gasteiger partial charge in [0.2, 0.25) is 0 Å². The average Bonchev–Trinajstić information content (AvgIpc) is 2.70. The van der Waals surface area contributed by atoms with Crippen LogP contribution >= 0.6 is 11.8 Å². The van der Waals surface area contributed by atoms with Crippen LogP contribution in [-0.2, 0) is 6.42 Å². The maximum atomic E-state index is 13.1. The van der Waals surface area contributed by atoms with Crippen LogP contribution in [0.2, 0.25) is 0 Å². The number of anilines is 1. The van der Waals surface area contributed by atoms with E-state index in [1.54, 1.807) is 11.8 Å². The Labute approximate surface area is 166 Å². The second kappa shape index (κ2) is 9.81. The van der Waals surface area contributed by atoms with Gasteiger partial charge >= 0.3 is 6.03 Å². The molecule has 2 aromatic rings. The molecular formula is C22H29N3OS. The molecule has 144 valence electrons. The maximum Gasteiger partial charge on any atom is 0.322 e. The molecule has 1 N–H and O–H groups in total. The van der Waals surface area contributed by atoms with E-state index in [0.717, 1.165) is 49.5 Å². The third kappa shape index (κ3) is 5.75. The van der Waals surface area contributed by atoms with Crippen molar-refractivity contribution >= 4 is 23.5 Å². The zero-order valence-electron chi connectivity index (χ0n) is 16.2. The smallest absolute Gasteiger partial charge is 0.321 e. The van der Waals surface area contributed by atoms with Crippen molar-refractivity contribution < 1.29 is 4.79 Å². The van der Waals surface area contributed by atoms with Crippen molar-refractivity contribution in [3.8, 4) is 0 Å². The molecule has 0 spiro atoms. The number of carbonyl (C=O) groups is 1. The molecule has 0 bridgehead atoms. The fourth-order valence-corrected chi connectivity index (χ4v) is 4.01. The molecular weight excluding hydrogens is 354 g/mol. The number of amides is 2. The third-order valence-electron chi connectivity index (χ3n) is 5.19. The van der Waals surface area contributed by atoms with Gasteiger partial charge in [0.25, 0.3) is 0 Å². The van der Waals surface area contributed by atoms with E-state index in [2.05, 4.69) is 47.6 Å². The van der Waals surface area contributed by atoms with Crippen LogP contribution < -0.4 is 5.32 Å². The Hall–Kier alpha value is -1.98. The molecule has 0 radical (unpaired) electrons. The van der Waals surface area contributed by atoms with Crippen LogP contribution in [0.1, 0.15) is 18.4 Å². The first-order valence-corrected chi connectivity index (χ1v) is 10.8. The first-order chi connectivity index (χ1) is 13.2. The summed E-state index contributed by atoms with van der Waals surface area (Å²) >= 11 is 1.68. The molecule has 1 aliphatic rings. The number of rotatable bonds is 6. The first kappa shape index (κ1) is 19.8. The van der Waals surface area contributed by atoms with E-state index in [1.807, 2.05) is 35.4 Å². The highest BCUT2D eigenvalue weighted by molar-refractivity contribution is 7.98. The molecule has 1 heterocycles. The largest absolute Gasteiger partial charge is 0.322 e. The van der Waals surface area contributed by atoms with Crippen LogP contribution in [0.25, 0.3) is 0 Å². The Kier molecular flexibility index (Phi) is 7.18. The minimum absolute atomic E-state index is 0.0127. The second-order valence-electron chi connectivity index (χ2n) is 7.13. The average molecular weight is 384 g/mol. The number of piperidine rings is 1. The summed E-state index contributed by atoms with van der Waals surface area (Å²) < 4.78 is 0. The molecule has 2 amide bonds. The molecule has 0 saturated carbocycles. The molecule has 1 aliphatic heterocycles. The van der Waals surface area contributed by atoms with Gasteiger partial charge in [-0.1, -0.05) is 36.4 Å². The summed E-state index contributed by atoms with van der Waals surface area (Å²) in [5.41, 5.74) is 2.14. The SMILES string of the molecule is CSc1cccc(NC(=O)N(CCc2ccccc2)C2CCN(C)CC2)c1. The Bertz CT molecular complexity index is 729. The molecule has 27 heavy (non-hydrogen) atoms. The molecule has 4 nitrogen and oxygen atoms in total. The van der Waals surface area contributed by atoms with Crippen molar-refractivity contribution in [3.05, 3.63) is 60.2 Å². The second-order valence-corrected chi connectivity index (χ2v) is 8.01. The van der Waals surface area contributed by atoms with E-state index in [0.29, 0.717) is 6.04 Å². The van der Waals surface area contributed by atoms with E-state index in [1.165, 1.54) is 5.56 Å². The highest BCUT2D eigenvalue weighted by Gasteiger charge is 2.26. The van der Waals surface area contributed by atoms with Gasteiger partial charge in [0.15, 0.2) is 0 Å². The van der Waals surface area contributed by atoms with Gasteiger partial charge in [-0.25, -0.2) is 4.79 Å². The number of carbonyl (C=O) groups excluding carboxylic acids is 1. The van der Waals surface area contributed by atoms with Crippen LogP contribution in [0.3, 0.4) is 0 Å². The van der Waals surface area contributed by atoms with Crippen molar-refractivity contribution in [2.24, 2.45) is 0 Å². The van der Waals surface area contributed by atoms with Crippen molar-refractivity contribution in [1.82, 2.24) is 9.80 Å². The molecule has 3 rings (SSSR count). The lowest BCUT2D eigenvalue weighted by molar-refractivity contribution is 0.140. The quantitative estimate of drug-likeness (QED) is 0.742. The number of likely N-dealkylation sites (tertiary alicyclic amines) is 1. The Morgan fingerprint density at radius 1 is 1.15 bits per heavy atom. The number of nitrogens with zero attached hydrogens (tertiary/aromatic N) is 2. The van der Waals surface area contributed by atoms with Gasteiger partial charge in [0.05, 0.1) is 0 Å². The first-order valence-electron chi connectivity index (χ1n) is 9.60. The van der Waals surface area contributed by atoms with E-state index >= 15 is 0 Å². The minimum atomic E-state index is 0.0127. The lowest BCUT2D eigenvalue weighted by atomic mass is 10.0. The number of thioether (sulfide) groups is 1. The van der Waals surface area contributed by atoms with Gasteiger partial charge in [0, 0.05) is 23.2 Å². The summed E-state index contributed by atoms with van der Waals surface area (Å²) in [7, 11) is 2.15. The lowest BCUT2D eigenvalue weighted by Crippen LogP contribution is -2.48. The Morgan fingerprint density at radius 2 is 1.89 bits per heavy atom. The van der Waals surface area contributed by atoms with Gasteiger partial charge < -0.3 is 15.1 Å². The normalized spacial score (nSPS) is 15.5. The van der Waals surface area contributed by atoms with Gasteiger partial charge in [0.1, 0.15) is 0 Å². The number of hydrogen-bond acceptors (Lipinski definition) is 3. The van der Waals surface area contributed by atoms with E-state index < -0.39 is 0 Å². The zero-order chi connectivity index (χ0) is 19.1. The summed E-state index contributed by atoms with van der Waals surface area (Å²) in [5, 5.41) is 3.12. The van der Waals surface area contributed by atoms with E-state index in [4.69, 9.17) is 0 Å². The molecule has 0 aliphatic carbocycles.